The van der Waals surface area contributed by atoms with Gasteiger partial charge in [0.05, 0.1) is 17.1 Å². The van der Waals surface area contributed by atoms with Crippen LogP contribution in [0.3, 0.4) is 0 Å². The van der Waals surface area contributed by atoms with Gasteiger partial charge in [-0.2, -0.15) is 5.10 Å². The van der Waals surface area contributed by atoms with E-state index >= 15 is 0 Å². The lowest BCUT2D eigenvalue weighted by Crippen LogP contribution is -2.04. The summed E-state index contributed by atoms with van der Waals surface area (Å²) in [5.74, 6) is 0.268. The third-order valence-electron chi connectivity index (χ3n) is 3.50. The second-order valence-corrected chi connectivity index (χ2v) is 7.63. The minimum atomic E-state index is -3.46. The van der Waals surface area contributed by atoms with Gasteiger partial charge in [0.1, 0.15) is 11.0 Å². The number of nitrogens with zero attached hydrogens (tertiary/aromatic N) is 5. The van der Waals surface area contributed by atoms with Crippen LogP contribution in [-0.4, -0.2) is 39.4 Å². The van der Waals surface area contributed by atoms with E-state index in [9.17, 15) is 8.42 Å². The highest BCUT2D eigenvalue weighted by molar-refractivity contribution is 7.90. The van der Waals surface area contributed by atoms with Crippen molar-refractivity contribution in [3.05, 3.63) is 30.1 Å². The monoisotopic (exact) mass is 331 g/mol. The van der Waals surface area contributed by atoms with Crippen molar-refractivity contribution < 1.29 is 8.42 Å². The Hall–Kier alpha value is -2.35. The van der Waals surface area contributed by atoms with E-state index in [0.717, 1.165) is 23.0 Å². The molecule has 3 aromatic heterocycles. The van der Waals surface area contributed by atoms with Crippen LogP contribution in [0.15, 0.2) is 29.6 Å². The Bertz CT molecular complexity index is 992. The summed E-state index contributed by atoms with van der Waals surface area (Å²) < 4.78 is 25.1. The molecule has 0 bridgehead atoms. The number of hydrogen-bond acceptors (Lipinski definition) is 6. The van der Waals surface area contributed by atoms with E-state index in [1.54, 1.807) is 12.1 Å². The van der Waals surface area contributed by atoms with Gasteiger partial charge in [-0.15, -0.1) is 0 Å². The standard InChI is InChI=1S/C15H17N5O2S/c1-9(2)14-13-12(19-20(14)3)6-5-10(17-13)11-7-8-16-15(18-11)23(4,21)22/h5-9H,1-4H3. The number of rotatable bonds is 3. The van der Waals surface area contributed by atoms with Gasteiger partial charge < -0.3 is 0 Å². The summed E-state index contributed by atoms with van der Waals surface area (Å²) in [4.78, 5) is 12.6. The van der Waals surface area contributed by atoms with Gasteiger partial charge in [-0.25, -0.2) is 23.4 Å². The normalized spacial score (nSPS) is 12.2. The van der Waals surface area contributed by atoms with Crippen LogP contribution in [0, 0.1) is 0 Å². The van der Waals surface area contributed by atoms with Gasteiger partial charge in [-0.05, 0) is 24.1 Å². The maximum absolute atomic E-state index is 11.6. The van der Waals surface area contributed by atoms with E-state index in [-0.39, 0.29) is 11.1 Å². The number of fused-ring (bicyclic) bond motifs is 1. The summed E-state index contributed by atoms with van der Waals surface area (Å²) in [5.41, 5.74) is 3.71. The molecule has 120 valence electrons. The Morgan fingerprint density at radius 2 is 1.78 bits per heavy atom. The van der Waals surface area contributed by atoms with Crippen LogP contribution in [0.1, 0.15) is 25.5 Å². The van der Waals surface area contributed by atoms with Crippen molar-refractivity contribution in [2.45, 2.75) is 24.9 Å². The predicted octanol–water partition coefficient (Wildman–Crippen LogP) is 1.95. The first-order valence-electron chi connectivity index (χ1n) is 7.14. The molecule has 0 N–H and O–H groups in total. The van der Waals surface area contributed by atoms with Crippen molar-refractivity contribution >= 4 is 20.9 Å². The lowest BCUT2D eigenvalue weighted by Gasteiger charge is -2.06. The van der Waals surface area contributed by atoms with E-state index in [2.05, 4.69) is 33.9 Å². The van der Waals surface area contributed by atoms with Gasteiger partial charge in [0.25, 0.3) is 0 Å². The molecular weight excluding hydrogens is 314 g/mol. The lowest BCUT2D eigenvalue weighted by molar-refractivity contribution is 0.593. The minimum absolute atomic E-state index is 0.202. The van der Waals surface area contributed by atoms with Crippen molar-refractivity contribution in [2.75, 3.05) is 6.26 Å². The summed E-state index contributed by atoms with van der Waals surface area (Å²) in [5, 5.41) is 4.25. The van der Waals surface area contributed by atoms with Gasteiger partial charge in [-0.1, -0.05) is 13.8 Å². The smallest absolute Gasteiger partial charge is 0.247 e. The van der Waals surface area contributed by atoms with Crippen LogP contribution >= 0.6 is 0 Å². The molecule has 0 aliphatic rings. The van der Waals surface area contributed by atoms with E-state index in [1.165, 1.54) is 6.20 Å². The molecule has 0 fully saturated rings. The lowest BCUT2D eigenvalue weighted by atomic mass is 10.1. The third kappa shape index (κ3) is 2.81. The zero-order valence-electron chi connectivity index (χ0n) is 13.3. The maximum atomic E-state index is 11.6. The van der Waals surface area contributed by atoms with Crippen LogP contribution in [0.25, 0.3) is 22.4 Å². The van der Waals surface area contributed by atoms with Gasteiger partial charge in [0, 0.05) is 19.5 Å². The largest absolute Gasteiger partial charge is 0.270 e. The molecule has 7 nitrogen and oxygen atoms in total. The number of pyridine rings is 1. The number of sulfone groups is 1. The van der Waals surface area contributed by atoms with Crippen LogP contribution < -0.4 is 0 Å². The van der Waals surface area contributed by atoms with E-state index in [1.807, 2.05) is 17.8 Å². The van der Waals surface area contributed by atoms with E-state index < -0.39 is 9.84 Å². The van der Waals surface area contributed by atoms with Gasteiger partial charge in [0.15, 0.2) is 0 Å². The molecule has 0 saturated carbocycles. The Morgan fingerprint density at radius 3 is 2.43 bits per heavy atom. The third-order valence-corrected chi connectivity index (χ3v) is 4.36. The van der Waals surface area contributed by atoms with Crippen molar-refractivity contribution in [2.24, 2.45) is 7.05 Å². The van der Waals surface area contributed by atoms with E-state index in [4.69, 9.17) is 0 Å². The van der Waals surface area contributed by atoms with Crippen LogP contribution in [0.2, 0.25) is 0 Å². The molecule has 8 heteroatoms. The average molecular weight is 331 g/mol. The highest BCUT2D eigenvalue weighted by Gasteiger charge is 2.16. The predicted molar refractivity (Wildman–Crippen MR) is 86.7 cm³/mol. The molecule has 0 atom stereocenters. The van der Waals surface area contributed by atoms with Crippen molar-refractivity contribution in [1.29, 1.82) is 0 Å². The highest BCUT2D eigenvalue weighted by atomic mass is 32.2. The quantitative estimate of drug-likeness (QED) is 0.681. The Morgan fingerprint density at radius 1 is 1.09 bits per heavy atom. The highest BCUT2D eigenvalue weighted by Crippen LogP contribution is 2.26. The van der Waals surface area contributed by atoms with Gasteiger partial charge >= 0.3 is 0 Å². The fourth-order valence-corrected chi connectivity index (χ4v) is 3.06. The molecule has 3 aromatic rings. The fraction of sp³-hybridized carbons (Fsp3) is 0.333. The van der Waals surface area contributed by atoms with Gasteiger partial charge in [0.2, 0.25) is 15.0 Å². The zero-order chi connectivity index (χ0) is 16.8. The Labute approximate surface area is 134 Å². The molecular formula is C15H17N5O2S. The first-order chi connectivity index (χ1) is 10.8. The first kappa shape index (κ1) is 15.5. The summed E-state index contributed by atoms with van der Waals surface area (Å²) in [7, 11) is -1.57. The second-order valence-electron chi connectivity index (χ2n) is 5.72. The molecule has 0 spiro atoms. The molecule has 0 amide bonds. The SMILES string of the molecule is CC(C)c1c2nc(-c3ccnc(S(C)(=O)=O)n3)ccc2nn1C. The summed E-state index contributed by atoms with van der Waals surface area (Å²) in [6.45, 7) is 4.16. The fourth-order valence-electron chi connectivity index (χ4n) is 2.54. The van der Waals surface area contributed by atoms with Crippen molar-refractivity contribution in [3.63, 3.8) is 0 Å². The molecule has 3 rings (SSSR count). The van der Waals surface area contributed by atoms with E-state index in [0.29, 0.717) is 11.4 Å². The maximum Gasteiger partial charge on any atom is 0.247 e. The molecule has 0 radical (unpaired) electrons. The first-order valence-corrected chi connectivity index (χ1v) is 9.03. The van der Waals surface area contributed by atoms with Crippen LogP contribution in [0.4, 0.5) is 0 Å². The molecule has 0 aliphatic heterocycles. The molecule has 0 aliphatic carbocycles. The Kier molecular flexibility index (Phi) is 3.63. The molecule has 0 unspecified atom stereocenters. The summed E-state index contributed by atoms with van der Waals surface area (Å²) in [6, 6.07) is 5.30. The minimum Gasteiger partial charge on any atom is -0.270 e. The molecule has 0 saturated heterocycles. The number of aryl methyl sites for hydroxylation is 1. The molecule has 0 aromatic carbocycles. The van der Waals surface area contributed by atoms with Crippen molar-refractivity contribution in [1.82, 2.24) is 24.7 Å². The second kappa shape index (κ2) is 5.38. The number of hydrogen-bond donors (Lipinski definition) is 0. The van der Waals surface area contributed by atoms with Crippen LogP contribution in [0.5, 0.6) is 0 Å². The topological polar surface area (TPSA) is 90.6 Å². The van der Waals surface area contributed by atoms with Crippen LogP contribution in [-0.2, 0) is 16.9 Å². The average Bonchev–Trinajstić information content (AvgIpc) is 2.81. The molecule has 3 heterocycles. The number of aromatic nitrogens is 5. The Balaban J connectivity index is 2.20. The van der Waals surface area contributed by atoms with Crippen molar-refractivity contribution in [3.8, 4) is 11.4 Å². The molecule has 23 heavy (non-hydrogen) atoms. The summed E-state index contributed by atoms with van der Waals surface area (Å²) in [6.07, 6.45) is 2.51. The summed E-state index contributed by atoms with van der Waals surface area (Å²) >= 11 is 0. The van der Waals surface area contributed by atoms with Gasteiger partial charge in [-0.3, -0.25) is 4.68 Å². The zero-order valence-corrected chi connectivity index (χ0v) is 14.2.